The first-order chi connectivity index (χ1) is 17.6. The van der Waals surface area contributed by atoms with Gasteiger partial charge in [-0.2, -0.15) is 5.10 Å². The fourth-order valence-electron chi connectivity index (χ4n) is 5.09. The van der Waals surface area contributed by atoms with Gasteiger partial charge in [0.05, 0.1) is 11.6 Å². The van der Waals surface area contributed by atoms with Gasteiger partial charge in [-0.25, -0.2) is 9.50 Å². The molecular weight excluding hydrogens is 476 g/mol. The molecule has 10 heteroatoms. The molecule has 0 spiro atoms. The maximum Gasteiger partial charge on any atom is 0.308 e. The summed E-state index contributed by atoms with van der Waals surface area (Å²) in [4.78, 5) is 29.0. The number of nitrogens with zero attached hydrogens (tertiary/aromatic N) is 3. The van der Waals surface area contributed by atoms with E-state index in [0.29, 0.717) is 17.8 Å². The van der Waals surface area contributed by atoms with E-state index in [-0.39, 0.29) is 24.4 Å². The molecule has 2 saturated heterocycles. The van der Waals surface area contributed by atoms with Gasteiger partial charge in [-0.05, 0) is 39.3 Å². The second-order valence-corrected chi connectivity index (χ2v) is 10.9. The third-order valence-electron chi connectivity index (χ3n) is 7.02. The zero-order chi connectivity index (χ0) is 26.8. The number of fused-ring (bicyclic) bond motifs is 2. The molecule has 2 aromatic rings. The highest BCUT2D eigenvalue weighted by Crippen LogP contribution is 2.49. The van der Waals surface area contributed by atoms with Crippen LogP contribution in [0.3, 0.4) is 0 Å². The quantitative estimate of drug-likeness (QED) is 0.346. The summed E-state index contributed by atoms with van der Waals surface area (Å²) in [7, 11) is 0. The summed E-state index contributed by atoms with van der Waals surface area (Å²) in [6.45, 7) is 11.5. The van der Waals surface area contributed by atoms with Crippen LogP contribution in [0.2, 0.25) is 0 Å². The normalized spacial score (nSPS) is 26.5. The molecule has 1 amide bonds. The van der Waals surface area contributed by atoms with Crippen molar-refractivity contribution in [1.29, 1.82) is 0 Å². The molecule has 4 heterocycles. The van der Waals surface area contributed by atoms with E-state index in [0.717, 1.165) is 25.0 Å². The molecule has 204 valence electrons. The number of amides is 1. The predicted octanol–water partition coefficient (Wildman–Crippen LogP) is 4.36. The number of rotatable bonds is 11. The zero-order valence-corrected chi connectivity index (χ0v) is 22.8. The number of hydrogen-bond acceptors (Lipinski definition) is 8. The number of anilines is 1. The fraction of sp³-hybridized carbons (Fsp3) is 0.704. The number of unbranched alkanes of at least 4 members (excludes halogenated alkanes) is 4. The van der Waals surface area contributed by atoms with Crippen molar-refractivity contribution < 1.29 is 28.5 Å². The smallest absolute Gasteiger partial charge is 0.308 e. The van der Waals surface area contributed by atoms with Crippen molar-refractivity contribution >= 4 is 23.2 Å². The standard InChI is InChI=1S/C27H40N4O6/c1-7-8-9-10-11-12-21(32)30-24-18-13-14-20(31(18)29-16-28-24)27(6)23-22(36-26(4,5)37-23)19(35-27)15-34-25(33)17(2)3/h13-14,16-17,19,22-23H,7-12,15H2,1-6H3,(H,28,29,30,32)/t19-,22-,23-,27+/m1/s1. The Labute approximate surface area is 218 Å². The maximum atomic E-state index is 12.6. The lowest BCUT2D eigenvalue weighted by atomic mass is 9.93. The van der Waals surface area contributed by atoms with Crippen LogP contribution in [0.25, 0.3) is 5.52 Å². The minimum Gasteiger partial charge on any atom is -0.463 e. The molecule has 0 aliphatic carbocycles. The van der Waals surface area contributed by atoms with Crippen LogP contribution in [-0.4, -0.2) is 57.2 Å². The van der Waals surface area contributed by atoms with E-state index in [1.807, 2.05) is 32.9 Å². The fourth-order valence-corrected chi connectivity index (χ4v) is 5.09. The van der Waals surface area contributed by atoms with Crippen molar-refractivity contribution in [3.63, 3.8) is 0 Å². The lowest BCUT2D eigenvalue weighted by molar-refractivity contribution is -0.214. The van der Waals surface area contributed by atoms with E-state index in [2.05, 4.69) is 22.3 Å². The summed E-state index contributed by atoms with van der Waals surface area (Å²) < 4.78 is 26.2. The van der Waals surface area contributed by atoms with Gasteiger partial charge in [0.1, 0.15) is 42.4 Å². The van der Waals surface area contributed by atoms with Gasteiger partial charge < -0.3 is 24.3 Å². The Morgan fingerprint density at radius 3 is 2.59 bits per heavy atom. The van der Waals surface area contributed by atoms with Crippen LogP contribution in [-0.2, 0) is 34.1 Å². The Balaban J connectivity index is 1.54. The lowest BCUT2D eigenvalue weighted by Gasteiger charge is -2.31. The summed E-state index contributed by atoms with van der Waals surface area (Å²) >= 11 is 0. The minimum atomic E-state index is -0.950. The molecule has 2 fully saturated rings. The van der Waals surface area contributed by atoms with Gasteiger partial charge in [0, 0.05) is 6.42 Å². The first kappa shape index (κ1) is 27.5. The largest absolute Gasteiger partial charge is 0.463 e. The molecule has 4 atom stereocenters. The second-order valence-electron chi connectivity index (χ2n) is 10.9. The molecule has 2 aliphatic rings. The molecule has 2 aromatic heterocycles. The number of ether oxygens (including phenoxy) is 4. The molecular formula is C27H40N4O6. The number of aromatic nitrogens is 3. The van der Waals surface area contributed by atoms with Gasteiger partial charge >= 0.3 is 5.97 Å². The van der Waals surface area contributed by atoms with Gasteiger partial charge in [-0.1, -0.05) is 46.5 Å². The Bertz CT molecular complexity index is 1120. The molecule has 10 nitrogen and oxygen atoms in total. The summed E-state index contributed by atoms with van der Waals surface area (Å²) in [5.41, 5.74) is 0.439. The monoisotopic (exact) mass is 516 g/mol. The van der Waals surface area contributed by atoms with Crippen molar-refractivity contribution in [3.8, 4) is 0 Å². The van der Waals surface area contributed by atoms with E-state index in [1.54, 1.807) is 18.4 Å². The van der Waals surface area contributed by atoms with Crippen LogP contribution in [0.5, 0.6) is 0 Å². The number of carbonyl (C=O) groups excluding carboxylic acids is 2. The number of hydrogen-bond donors (Lipinski definition) is 1. The third kappa shape index (κ3) is 5.81. The lowest BCUT2D eigenvalue weighted by Crippen LogP contribution is -2.39. The first-order valence-electron chi connectivity index (χ1n) is 13.4. The van der Waals surface area contributed by atoms with Gasteiger partial charge in [-0.3, -0.25) is 9.59 Å². The second kappa shape index (κ2) is 11.0. The van der Waals surface area contributed by atoms with Crippen LogP contribution in [0.15, 0.2) is 18.5 Å². The third-order valence-corrected chi connectivity index (χ3v) is 7.02. The van der Waals surface area contributed by atoms with E-state index >= 15 is 0 Å². The maximum absolute atomic E-state index is 12.6. The number of esters is 1. The van der Waals surface area contributed by atoms with E-state index in [9.17, 15) is 9.59 Å². The molecule has 37 heavy (non-hydrogen) atoms. The van der Waals surface area contributed by atoms with Crippen molar-refractivity contribution in [2.45, 2.75) is 110 Å². The Kier molecular flexibility index (Phi) is 8.20. The molecule has 0 aromatic carbocycles. The van der Waals surface area contributed by atoms with E-state index < -0.39 is 29.7 Å². The topological polar surface area (TPSA) is 113 Å². The summed E-state index contributed by atoms with van der Waals surface area (Å²) in [6, 6.07) is 3.77. The van der Waals surface area contributed by atoms with Crippen LogP contribution in [0, 0.1) is 5.92 Å². The van der Waals surface area contributed by atoms with E-state index in [4.69, 9.17) is 18.9 Å². The highest BCUT2D eigenvalue weighted by molar-refractivity contribution is 5.93. The average Bonchev–Trinajstić information content (AvgIpc) is 3.49. The van der Waals surface area contributed by atoms with Gasteiger partial charge in [0.2, 0.25) is 5.91 Å². The summed E-state index contributed by atoms with van der Waals surface area (Å²) in [6.07, 6.45) is 5.86. The van der Waals surface area contributed by atoms with Crippen LogP contribution < -0.4 is 5.32 Å². The van der Waals surface area contributed by atoms with Gasteiger partial charge in [0.25, 0.3) is 0 Å². The Hall–Kier alpha value is -2.56. The molecule has 2 aliphatic heterocycles. The van der Waals surface area contributed by atoms with Crippen LogP contribution in [0.4, 0.5) is 5.82 Å². The molecule has 0 unspecified atom stereocenters. The SMILES string of the molecule is CCCCCCCC(=O)Nc1ncnn2c([C@]3(C)O[C@H](COC(=O)C(C)C)[C@H]4OC(C)(C)O[C@H]43)ccc12. The van der Waals surface area contributed by atoms with Crippen molar-refractivity contribution in [2.75, 3.05) is 11.9 Å². The van der Waals surface area contributed by atoms with Crippen molar-refractivity contribution in [3.05, 3.63) is 24.2 Å². The predicted molar refractivity (Wildman–Crippen MR) is 137 cm³/mol. The van der Waals surface area contributed by atoms with Crippen molar-refractivity contribution in [1.82, 2.24) is 14.6 Å². The van der Waals surface area contributed by atoms with Gasteiger partial charge in [0.15, 0.2) is 11.6 Å². The molecule has 0 bridgehead atoms. The molecule has 4 rings (SSSR count). The highest BCUT2D eigenvalue weighted by Gasteiger charge is 2.62. The number of carbonyl (C=O) groups is 2. The van der Waals surface area contributed by atoms with Crippen LogP contribution in [0.1, 0.15) is 85.8 Å². The first-order valence-corrected chi connectivity index (χ1v) is 13.4. The van der Waals surface area contributed by atoms with Crippen LogP contribution >= 0.6 is 0 Å². The summed E-state index contributed by atoms with van der Waals surface area (Å²) in [5.74, 6) is -0.969. The van der Waals surface area contributed by atoms with Crippen molar-refractivity contribution in [2.24, 2.45) is 5.92 Å². The molecule has 0 radical (unpaired) electrons. The molecule has 1 N–H and O–H groups in total. The van der Waals surface area contributed by atoms with E-state index in [1.165, 1.54) is 19.2 Å². The zero-order valence-electron chi connectivity index (χ0n) is 22.8. The highest BCUT2D eigenvalue weighted by atomic mass is 16.8. The van der Waals surface area contributed by atoms with Gasteiger partial charge in [-0.15, -0.1) is 0 Å². The Morgan fingerprint density at radius 2 is 1.86 bits per heavy atom. The Morgan fingerprint density at radius 1 is 1.11 bits per heavy atom. The number of nitrogens with one attached hydrogen (secondary N) is 1. The molecule has 0 saturated carbocycles. The average molecular weight is 517 g/mol. The summed E-state index contributed by atoms with van der Waals surface area (Å²) in [5, 5.41) is 7.40. The minimum absolute atomic E-state index is 0.0606.